The highest BCUT2D eigenvalue weighted by atomic mass is 15.0. The molecule has 1 aromatic rings. The van der Waals surface area contributed by atoms with Crippen molar-refractivity contribution in [1.29, 1.82) is 0 Å². The van der Waals surface area contributed by atoms with Gasteiger partial charge in [-0.2, -0.15) is 0 Å². The first-order valence-corrected chi connectivity index (χ1v) is 5.45. The molecule has 14 heavy (non-hydrogen) atoms. The second kappa shape index (κ2) is 2.96. The van der Waals surface area contributed by atoms with Crippen LogP contribution in [0.5, 0.6) is 0 Å². The molecule has 1 spiro atoms. The highest BCUT2D eigenvalue weighted by Crippen LogP contribution is 2.39. The van der Waals surface area contributed by atoms with E-state index in [1.807, 2.05) is 0 Å². The van der Waals surface area contributed by atoms with E-state index in [2.05, 4.69) is 41.7 Å². The van der Waals surface area contributed by atoms with Crippen LogP contribution in [0.15, 0.2) is 30.3 Å². The monoisotopic (exact) mass is 185 g/mol. The Hall–Kier alpha value is -1.08. The van der Waals surface area contributed by atoms with Gasteiger partial charge in [0.05, 0.1) is 5.54 Å². The minimum Gasteiger partial charge on any atom is -0.304 e. The van der Waals surface area contributed by atoms with Crippen molar-refractivity contribution < 1.29 is 0 Å². The number of rotatable bonds is 0. The Labute approximate surface area is 84.8 Å². The summed E-state index contributed by atoms with van der Waals surface area (Å²) in [5.41, 5.74) is 3.04. The lowest BCUT2D eigenvalue weighted by atomic mass is 9.84. The molecule has 1 aliphatic heterocycles. The van der Waals surface area contributed by atoms with Gasteiger partial charge in [0.15, 0.2) is 0 Å². The molecule has 3 rings (SSSR count). The third-order valence-corrected chi connectivity index (χ3v) is 3.43. The van der Waals surface area contributed by atoms with Crippen LogP contribution in [-0.4, -0.2) is 6.54 Å². The summed E-state index contributed by atoms with van der Waals surface area (Å²) < 4.78 is 0. The fourth-order valence-corrected chi connectivity index (χ4v) is 2.67. The summed E-state index contributed by atoms with van der Waals surface area (Å²) in [4.78, 5) is 0. The summed E-state index contributed by atoms with van der Waals surface area (Å²) >= 11 is 0. The second-order valence-corrected chi connectivity index (χ2v) is 4.28. The number of hydrogen-bond acceptors (Lipinski definition) is 1. The van der Waals surface area contributed by atoms with Crippen molar-refractivity contribution in [1.82, 2.24) is 5.32 Å². The van der Waals surface area contributed by atoms with E-state index < -0.39 is 0 Å². The molecule has 1 atom stereocenters. The molecule has 1 aliphatic carbocycles. The summed E-state index contributed by atoms with van der Waals surface area (Å²) in [6, 6.07) is 8.72. The van der Waals surface area contributed by atoms with E-state index in [9.17, 15) is 0 Å². The molecule has 72 valence electrons. The maximum atomic E-state index is 3.66. The molecular weight excluding hydrogens is 170 g/mol. The first-order chi connectivity index (χ1) is 6.91. The topological polar surface area (TPSA) is 12.0 Å². The molecule has 0 amide bonds. The van der Waals surface area contributed by atoms with Crippen LogP contribution in [0.2, 0.25) is 0 Å². The zero-order valence-corrected chi connectivity index (χ0v) is 8.29. The predicted molar refractivity (Wildman–Crippen MR) is 59.0 cm³/mol. The molecule has 1 saturated heterocycles. The number of nitrogens with one attached hydrogen (secondary N) is 1. The largest absolute Gasteiger partial charge is 0.304 e. The summed E-state index contributed by atoms with van der Waals surface area (Å²) in [5, 5.41) is 3.66. The third-order valence-electron chi connectivity index (χ3n) is 3.43. The van der Waals surface area contributed by atoms with Crippen molar-refractivity contribution in [2.75, 3.05) is 6.54 Å². The molecule has 0 bridgehead atoms. The maximum Gasteiger partial charge on any atom is 0.0629 e. The summed E-state index contributed by atoms with van der Waals surface area (Å²) in [5.74, 6) is 0. The fourth-order valence-electron chi connectivity index (χ4n) is 2.67. The van der Waals surface area contributed by atoms with Crippen LogP contribution in [0.3, 0.4) is 0 Å². The lowest BCUT2D eigenvalue weighted by Gasteiger charge is -2.34. The van der Waals surface area contributed by atoms with Crippen molar-refractivity contribution in [3.63, 3.8) is 0 Å². The zero-order chi connectivity index (χ0) is 9.43. The summed E-state index contributed by atoms with van der Waals surface area (Å²) in [6.45, 7) is 1.15. The smallest absolute Gasteiger partial charge is 0.0629 e. The average molecular weight is 185 g/mol. The van der Waals surface area contributed by atoms with Gasteiger partial charge in [-0.15, -0.1) is 0 Å². The number of piperidine rings is 1. The number of hydrogen-bond donors (Lipinski definition) is 1. The molecule has 1 nitrogen and oxygen atoms in total. The van der Waals surface area contributed by atoms with E-state index in [-0.39, 0.29) is 5.54 Å². The van der Waals surface area contributed by atoms with Gasteiger partial charge in [0, 0.05) is 0 Å². The minimum absolute atomic E-state index is 0.175. The minimum atomic E-state index is 0.175. The Balaban J connectivity index is 2.07. The molecular formula is C13H15N. The Morgan fingerprint density at radius 3 is 2.93 bits per heavy atom. The molecule has 2 aliphatic rings. The Morgan fingerprint density at radius 1 is 1.14 bits per heavy atom. The molecule has 0 aromatic heterocycles. The molecule has 1 heterocycles. The van der Waals surface area contributed by atoms with Crippen molar-refractivity contribution >= 4 is 6.08 Å². The van der Waals surface area contributed by atoms with Crippen molar-refractivity contribution in [2.45, 2.75) is 24.8 Å². The van der Waals surface area contributed by atoms with Crippen LogP contribution in [0, 0.1) is 0 Å². The van der Waals surface area contributed by atoms with E-state index >= 15 is 0 Å². The quantitative estimate of drug-likeness (QED) is 0.655. The van der Waals surface area contributed by atoms with Crippen molar-refractivity contribution in [3.05, 3.63) is 41.5 Å². The third kappa shape index (κ3) is 1.05. The van der Waals surface area contributed by atoms with E-state index in [1.54, 1.807) is 0 Å². The van der Waals surface area contributed by atoms with E-state index in [0.717, 1.165) is 6.54 Å². The van der Waals surface area contributed by atoms with Crippen LogP contribution < -0.4 is 5.32 Å². The van der Waals surface area contributed by atoms with Crippen LogP contribution in [0.4, 0.5) is 0 Å². The van der Waals surface area contributed by atoms with Gasteiger partial charge in [0.25, 0.3) is 0 Å². The number of fused-ring (bicyclic) bond motifs is 2. The average Bonchev–Trinajstić information content (AvgIpc) is 2.60. The normalized spacial score (nSPS) is 29.4. The van der Waals surface area contributed by atoms with E-state index in [0.29, 0.717) is 0 Å². The first kappa shape index (κ1) is 8.25. The van der Waals surface area contributed by atoms with Gasteiger partial charge in [-0.3, -0.25) is 0 Å². The lowest BCUT2D eigenvalue weighted by Crippen LogP contribution is -2.43. The van der Waals surface area contributed by atoms with Crippen LogP contribution >= 0.6 is 0 Å². The Kier molecular flexibility index (Phi) is 1.74. The molecule has 1 N–H and O–H groups in total. The Morgan fingerprint density at radius 2 is 2.07 bits per heavy atom. The van der Waals surface area contributed by atoms with Gasteiger partial charge in [-0.1, -0.05) is 36.4 Å². The highest BCUT2D eigenvalue weighted by Gasteiger charge is 2.35. The molecule has 1 aromatic carbocycles. The molecule has 1 unspecified atom stereocenters. The van der Waals surface area contributed by atoms with E-state index in [1.165, 1.54) is 30.4 Å². The van der Waals surface area contributed by atoms with Crippen molar-refractivity contribution in [2.24, 2.45) is 0 Å². The van der Waals surface area contributed by atoms with Crippen LogP contribution in [0.1, 0.15) is 30.4 Å². The van der Waals surface area contributed by atoms with Gasteiger partial charge < -0.3 is 5.32 Å². The first-order valence-electron chi connectivity index (χ1n) is 5.45. The zero-order valence-electron chi connectivity index (χ0n) is 8.29. The second-order valence-electron chi connectivity index (χ2n) is 4.28. The van der Waals surface area contributed by atoms with Crippen LogP contribution in [0.25, 0.3) is 6.08 Å². The highest BCUT2D eigenvalue weighted by molar-refractivity contribution is 5.64. The SMILES string of the molecule is C1=CC2(CCCCN2)c2ccccc21. The van der Waals surface area contributed by atoms with Gasteiger partial charge >= 0.3 is 0 Å². The van der Waals surface area contributed by atoms with Gasteiger partial charge in [-0.05, 0) is 36.9 Å². The molecule has 0 radical (unpaired) electrons. The standard InChI is InChI=1S/C13H15N/c1-2-6-12-11(5-1)7-9-13(12)8-3-4-10-14-13/h1-2,5-7,9,14H,3-4,8,10H2. The van der Waals surface area contributed by atoms with Gasteiger partial charge in [0.1, 0.15) is 0 Å². The van der Waals surface area contributed by atoms with Crippen molar-refractivity contribution in [3.8, 4) is 0 Å². The maximum absolute atomic E-state index is 3.66. The number of benzene rings is 1. The summed E-state index contributed by atoms with van der Waals surface area (Å²) in [7, 11) is 0. The molecule has 1 fully saturated rings. The fraction of sp³-hybridized carbons (Fsp3) is 0.385. The van der Waals surface area contributed by atoms with Gasteiger partial charge in [0.2, 0.25) is 0 Å². The van der Waals surface area contributed by atoms with Crippen LogP contribution in [-0.2, 0) is 5.54 Å². The predicted octanol–water partition coefficient (Wildman–Crippen LogP) is 2.68. The molecule has 1 heteroatoms. The Bertz CT molecular complexity index is 373. The lowest BCUT2D eigenvalue weighted by molar-refractivity contribution is 0.326. The molecule has 0 saturated carbocycles. The summed E-state index contributed by atoms with van der Waals surface area (Å²) in [6.07, 6.45) is 8.51. The van der Waals surface area contributed by atoms with E-state index in [4.69, 9.17) is 0 Å². The van der Waals surface area contributed by atoms with Gasteiger partial charge in [-0.25, -0.2) is 0 Å².